The summed E-state index contributed by atoms with van der Waals surface area (Å²) in [6.45, 7) is 3.76. The highest BCUT2D eigenvalue weighted by molar-refractivity contribution is 9.09. The largest absolute Gasteiger partial charge is 0.375 e. The predicted molar refractivity (Wildman–Crippen MR) is 64.4 cm³/mol. The average molecular weight is 277 g/mol. The number of hydrogen-bond donors (Lipinski definition) is 0. The molecule has 0 heterocycles. The van der Waals surface area contributed by atoms with Crippen LogP contribution in [0.5, 0.6) is 0 Å². The van der Waals surface area contributed by atoms with Crippen LogP contribution < -0.4 is 0 Å². The zero-order valence-electron chi connectivity index (χ0n) is 9.45. The van der Waals surface area contributed by atoms with E-state index >= 15 is 0 Å². The molecule has 2 saturated carbocycles. The summed E-state index contributed by atoms with van der Waals surface area (Å²) < 4.78 is 11.5. The minimum atomic E-state index is 0.288. The van der Waals surface area contributed by atoms with Gasteiger partial charge in [-0.3, -0.25) is 0 Å². The molecule has 0 amide bonds. The van der Waals surface area contributed by atoms with Crippen molar-refractivity contribution < 1.29 is 9.47 Å². The molecule has 0 aliphatic heterocycles. The van der Waals surface area contributed by atoms with E-state index in [4.69, 9.17) is 9.47 Å². The van der Waals surface area contributed by atoms with Gasteiger partial charge in [0.25, 0.3) is 0 Å². The van der Waals surface area contributed by atoms with E-state index in [0.717, 1.165) is 25.6 Å². The summed E-state index contributed by atoms with van der Waals surface area (Å²) in [5, 5.41) is 0. The van der Waals surface area contributed by atoms with Gasteiger partial charge in [0.15, 0.2) is 0 Å². The van der Waals surface area contributed by atoms with Gasteiger partial charge in [0.2, 0.25) is 0 Å². The molecule has 15 heavy (non-hydrogen) atoms. The van der Waals surface area contributed by atoms with Crippen LogP contribution in [-0.2, 0) is 9.47 Å². The first-order valence-corrected chi connectivity index (χ1v) is 7.10. The van der Waals surface area contributed by atoms with Crippen LogP contribution in [0.1, 0.15) is 39.0 Å². The van der Waals surface area contributed by atoms with Crippen molar-refractivity contribution in [1.29, 1.82) is 0 Å². The highest BCUT2D eigenvalue weighted by Gasteiger charge is 2.41. The molecule has 0 aromatic rings. The van der Waals surface area contributed by atoms with Crippen LogP contribution in [0, 0.1) is 5.92 Å². The lowest BCUT2D eigenvalue weighted by atomic mass is 9.83. The zero-order valence-corrected chi connectivity index (χ0v) is 11.0. The van der Waals surface area contributed by atoms with E-state index in [-0.39, 0.29) is 6.10 Å². The first-order valence-electron chi connectivity index (χ1n) is 6.18. The Morgan fingerprint density at radius 3 is 2.60 bits per heavy atom. The van der Waals surface area contributed by atoms with Crippen molar-refractivity contribution in [1.82, 2.24) is 0 Å². The van der Waals surface area contributed by atoms with Crippen LogP contribution in [0.15, 0.2) is 0 Å². The fourth-order valence-corrected chi connectivity index (χ4v) is 3.12. The molecule has 3 atom stereocenters. The van der Waals surface area contributed by atoms with Crippen molar-refractivity contribution in [2.45, 2.75) is 56.1 Å². The minimum Gasteiger partial charge on any atom is -0.375 e. The molecule has 0 aromatic heterocycles. The molecule has 0 spiro atoms. The summed E-state index contributed by atoms with van der Waals surface area (Å²) in [7, 11) is 0. The Morgan fingerprint density at radius 1 is 1.27 bits per heavy atom. The van der Waals surface area contributed by atoms with Gasteiger partial charge in [0, 0.05) is 18.0 Å². The van der Waals surface area contributed by atoms with Gasteiger partial charge in [-0.05, 0) is 25.7 Å². The Morgan fingerprint density at radius 2 is 2.07 bits per heavy atom. The lowest BCUT2D eigenvalue weighted by Gasteiger charge is -2.41. The van der Waals surface area contributed by atoms with Crippen LogP contribution in [0.3, 0.4) is 0 Å². The second-order valence-corrected chi connectivity index (χ2v) is 5.84. The summed E-state index contributed by atoms with van der Waals surface area (Å²) in [6, 6.07) is 0. The van der Waals surface area contributed by atoms with Crippen LogP contribution in [0.4, 0.5) is 0 Å². The molecule has 3 heteroatoms. The topological polar surface area (TPSA) is 18.5 Å². The standard InChI is InChI=1S/C12H21BrO2/c1-2-14-12-10(13)8-11(12)15-7-6-9-4-3-5-9/h9-12H,2-8H2,1H3. The molecule has 3 unspecified atom stereocenters. The maximum atomic E-state index is 5.86. The van der Waals surface area contributed by atoms with Crippen molar-refractivity contribution in [2.75, 3.05) is 13.2 Å². The van der Waals surface area contributed by atoms with Gasteiger partial charge in [-0.1, -0.05) is 35.2 Å². The molecular formula is C12H21BrO2. The number of rotatable bonds is 6. The van der Waals surface area contributed by atoms with E-state index in [1.165, 1.54) is 25.7 Å². The van der Waals surface area contributed by atoms with Gasteiger partial charge in [-0.2, -0.15) is 0 Å². The molecule has 2 rings (SSSR count). The van der Waals surface area contributed by atoms with Crippen LogP contribution in [-0.4, -0.2) is 30.2 Å². The normalized spacial score (nSPS) is 36.0. The molecule has 0 radical (unpaired) electrons. The quantitative estimate of drug-likeness (QED) is 0.694. The number of hydrogen-bond acceptors (Lipinski definition) is 2. The number of halogens is 1. The van der Waals surface area contributed by atoms with Crippen LogP contribution in [0.2, 0.25) is 0 Å². The Kier molecular flexibility index (Phi) is 4.47. The van der Waals surface area contributed by atoms with Crippen molar-refractivity contribution in [3.8, 4) is 0 Å². The van der Waals surface area contributed by atoms with E-state index in [1.807, 2.05) is 6.92 Å². The van der Waals surface area contributed by atoms with Crippen molar-refractivity contribution in [2.24, 2.45) is 5.92 Å². The highest BCUT2D eigenvalue weighted by Crippen LogP contribution is 2.34. The lowest BCUT2D eigenvalue weighted by molar-refractivity contribution is -0.121. The van der Waals surface area contributed by atoms with E-state index < -0.39 is 0 Å². The van der Waals surface area contributed by atoms with E-state index in [1.54, 1.807) is 0 Å². The smallest absolute Gasteiger partial charge is 0.0962 e. The first kappa shape index (κ1) is 11.9. The first-order chi connectivity index (χ1) is 7.31. The van der Waals surface area contributed by atoms with Gasteiger partial charge in [0.1, 0.15) is 0 Å². The molecule has 0 N–H and O–H groups in total. The van der Waals surface area contributed by atoms with Gasteiger partial charge >= 0.3 is 0 Å². The molecular weight excluding hydrogens is 256 g/mol. The highest BCUT2D eigenvalue weighted by atomic mass is 79.9. The monoisotopic (exact) mass is 276 g/mol. The van der Waals surface area contributed by atoms with Gasteiger partial charge in [-0.15, -0.1) is 0 Å². The Bertz CT molecular complexity index is 194. The van der Waals surface area contributed by atoms with E-state index in [2.05, 4.69) is 15.9 Å². The number of ether oxygens (including phenoxy) is 2. The van der Waals surface area contributed by atoms with Crippen molar-refractivity contribution in [3.63, 3.8) is 0 Å². The second-order valence-electron chi connectivity index (χ2n) is 4.67. The third-order valence-electron chi connectivity index (χ3n) is 3.62. The average Bonchev–Trinajstić information content (AvgIpc) is 2.16. The lowest BCUT2D eigenvalue weighted by Crippen LogP contribution is -2.50. The Labute approximate surface area is 101 Å². The maximum absolute atomic E-state index is 5.86. The van der Waals surface area contributed by atoms with Gasteiger partial charge in [0.05, 0.1) is 12.2 Å². The van der Waals surface area contributed by atoms with Gasteiger partial charge < -0.3 is 9.47 Å². The maximum Gasteiger partial charge on any atom is 0.0962 e. The zero-order chi connectivity index (χ0) is 10.7. The van der Waals surface area contributed by atoms with E-state index in [0.29, 0.717) is 10.9 Å². The summed E-state index contributed by atoms with van der Waals surface area (Å²) in [6.07, 6.45) is 7.26. The Hall–Kier alpha value is 0.400. The summed E-state index contributed by atoms with van der Waals surface area (Å²) >= 11 is 3.61. The SMILES string of the molecule is CCOC1C(Br)CC1OCCC1CCC1. The molecule has 2 nitrogen and oxygen atoms in total. The molecule has 0 aromatic carbocycles. The fourth-order valence-electron chi connectivity index (χ4n) is 2.26. The molecule has 2 fully saturated rings. The molecule has 0 saturated heterocycles. The van der Waals surface area contributed by atoms with Gasteiger partial charge in [-0.25, -0.2) is 0 Å². The summed E-state index contributed by atoms with van der Waals surface area (Å²) in [4.78, 5) is 0.506. The van der Waals surface area contributed by atoms with E-state index in [9.17, 15) is 0 Å². The molecule has 2 aliphatic carbocycles. The van der Waals surface area contributed by atoms with Crippen molar-refractivity contribution >= 4 is 15.9 Å². The predicted octanol–water partition coefficient (Wildman–Crippen LogP) is 3.13. The summed E-state index contributed by atoms with van der Waals surface area (Å²) in [5.74, 6) is 0.954. The molecule has 0 bridgehead atoms. The molecule has 2 aliphatic rings. The van der Waals surface area contributed by atoms with Crippen LogP contribution >= 0.6 is 15.9 Å². The summed E-state index contributed by atoms with van der Waals surface area (Å²) in [5.41, 5.74) is 0. The third kappa shape index (κ3) is 2.95. The minimum absolute atomic E-state index is 0.288. The fraction of sp³-hybridized carbons (Fsp3) is 1.00. The Balaban J connectivity index is 1.58. The molecule has 88 valence electrons. The third-order valence-corrected chi connectivity index (χ3v) is 4.52. The van der Waals surface area contributed by atoms with Crippen molar-refractivity contribution in [3.05, 3.63) is 0 Å². The van der Waals surface area contributed by atoms with Crippen LogP contribution in [0.25, 0.3) is 0 Å². The number of alkyl halides is 1. The second kappa shape index (κ2) is 5.65.